The maximum Gasteiger partial charge on any atom is 0.265 e. The van der Waals surface area contributed by atoms with Gasteiger partial charge in [-0.05, 0) is 68.0 Å². The molecule has 26 heavy (non-hydrogen) atoms. The van der Waals surface area contributed by atoms with E-state index in [0.29, 0.717) is 30.4 Å². The molecule has 2 aromatic carbocycles. The zero-order valence-electron chi connectivity index (χ0n) is 14.9. The number of aryl methyl sites for hydroxylation is 2. The van der Waals surface area contributed by atoms with Crippen molar-refractivity contribution in [2.75, 3.05) is 18.5 Å². The summed E-state index contributed by atoms with van der Waals surface area (Å²) in [7, 11) is 0. The lowest BCUT2D eigenvalue weighted by atomic mass is 9.92. The lowest BCUT2D eigenvalue weighted by Crippen LogP contribution is -2.30. The first-order valence-electron chi connectivity index (χ1n) is 9.18. The van der Waals surface area contributed by atoms with Gasteiger partial charge in [-0.25, -0.2) is 0 Å². The second-order valence-corrected chi connectivity index (χ2v) is 6.75. The highest BCUT2D eigenvalue weighted by molar-refractivity contribution is 5.94. The van der Waals surface area contributed by atoms with Gasteiger partial charge in [0.25, 0.3) is 5.91 Å². The molecular formula is C21H23NO4. The summed E-state index contributed by atoms with van der Waals surface area (Å²) in [5, 5.41) is 2.87. The Hall–Kier alpha value is -2.69. The number of anilines is 1. The number of amides is 1. The average molecular weight is 353 g/mol. The first-order chi connectivity index (χ1) is 12.7. The van der Waals surface area contributed by atoms with Crippen LogP contribution in [-0.4, -0.2) is 25.2 Å². The Kier molecular flexibility index (Phi) is 4.69. The standard InChI is InChI=1S/C21H23NO4/c1-14(26-18-8-6-15-4-2-3-5-16(15)12-18)21(23)22-17-7-9-19-20(13-17)25-11-10-24-19/h6-9,12-14H,2-5,10-11H2,1H3,(H,22,23)/t14-/m0/s1. The molecule has 5 nitrogen and oxygen atoms in total. The van der Waals surface area contributed by atoms with E-state index in [1.165, 1.54) is 24.0 Å². The summed E-state index contributed by atoms with van der Waals surface area (Å²) in [5.41, 5.74) is 3.41. The van der Waals surface area contributed by atoms with Crippen LogP contribution in [0.25, 0.3) is 0 Å². The lowest BCUT2D eigenvalue weighted by Gasteiger charge is -2.20. The van der Waals surface area contributed by atoms with Gasteiger partial charge in [-0.1, -0.05) is 6.07 Å². The van der Waals surface area contributed by atoms with E-state index in [9.17, 15) is 4.79 Å². The van der Waals surface area contributed by atoms with E-state index in [1.54, 1.807) is 25.1 Å². The molecule has 136 valence electrons. The molecule has 0 fully saturated rings. The van der Waals surface area contributed by atoms with Gasteiger partial charge in [-0.3, -0.25) is 4.79 Å². The summed E-state index contributed by atoms with van der Waals surface area (Å²) in [6, 6.07) is 11.5. The van der Waals surface area contributed by atoms with Crippen LogP contribution >= 0.6 is 0 Å². The van der Waals surface area contributed by atoms with Crippen molar-refractivity contribution in [3.63, 3.8) is 0 Å². The van der Waals surface area contributed by atoms with E-state index in [1.807, 2.05) is 6.07 Å². The molecule has 0 unspecified atom stereocenters. The first-order valence-corrected chi connectivity index (χ1v) is 9.18. The number of carbonyl (C=O) groups is 1. The number of ether oxygens (including phenoxy) is 3. The molecule has 2 aromatic rings. The van der Waals surface area contributed by atoms with Gasteiger partial charge in [0.1, 0.15) is 19.0 Å². The third kappa shape index (κ3) is 3.62. The van der Waals surface area contributed by atoms with Crippen LogP contribution < -0.4 is 19.5 Å². The van der Waals surface area contributed by atoms with E-state index in [-0.39, 0.29) is 5.91 Å². The number of hydrogen-bond donors (Lipinski definition) is 1. The fourth-order valence-electron chi connectivity index (χ4n) is 3.41. The van der Waals surface area contributed by atoms with Crippen LogP contribution in [-0.2, 0) is 17.6 Å². The molecule has 1 amide bonds. The summed E-state index contributed by atoms with van der Waals surface area (Å²) < 4.78 is 16.9. The topological polar surface area (TPSA) is 56.8 Å². The van der Waals surface area contributed by atoms with Crippen molar-refractivity contribution in [1.29, 1.82) is 0 Å². The molecule has 0 saturated carbocycles. The Morgan fingerprint density at radius 1 is 1.00 bits per heavy atom. The second kappa shape index (κ2) is 7.28. The Morgan fingerprint density at radius 2 is 1.77 bits per heavy atom. The molecule has 0 saturated heterocycles. The molecule has 1 aliphatic heterocycles. The molecule has 1 heterocycles. The maximum absolute atomic E-state index is 12.5. The molecule has 0 spiro atoms. The second-order valence-electron chi connectivity index (χ2n) is 6.75. The Morgan fingerprint density at radius 3 is 2.62 bits per heavy atom. The molecular weight excluding hydrogens is 330 g/mol. The zero-order valence-corrected chi connectivity index (χ0v) is 14.9. The van der Waals surface area contributed by atoms with Crippen molar-refractivity contribution in [2.24, 2.45) is 0 Å². The number of hydrogen-bond acceptors (Lipinski definition) is 4. The minimum atomic E-state index is -0.593. The summed E-state index contributed by atoms with van der Waals surface area (Å²) in [6.07, 6.45) is 4.10. The van der Waals surface area contributed by atoms with Gasteiger partial charge in [0.05, 0.1) is 0 Å². The van der Waals surface area contributed by atoms with Crippen LogP contribution in [0.1, 0.15) is 30.9 Å². The van der Waals surface area contributed by atoms with Crippen molar-refractivity contribution in [2.45, 2.75) is 38.7 Å². The fourth-order valence-corrected chi connectivity index (χ4v) is 3.41. The highest BCUT2D eigenvalue weighted by Crippen LogP contribution is 2.32. The molecule has 1 aliphatic carbocycles. The van der Waals surface area contributed by atoms with Crippen LogP contribution in [0.2, 0.25) is 0 Å². The van der Waals surface area contributed by atoms with Crippen molar-refractivity contribution in [3.05, 3.63) is 47.5 Å². The Bertz CT molecular complexity index is 818. The summed E-state index contributed by atoms with van der Waals surface area (Å²) in [6.45, 7) is 2.82. The SMILES string of the molecule is C[C@H](Oc1ccc2c(c1)CCCC2)C(=O)Nc1ccc2c(c1)OCCO2. The van der Waals surface area contributed by atoms with Crippen molar-refractivity contribution in [3.8, 4) is 17.2 Å². The number of rotatable bonds is 4. The van der Waals surface area contributed by atoms with Crippen LogP contribution in [0.5, 0.6) is 17.2 Å². The van der Waals surface area contributed by atoms with Gasteiger partial charge in [-0.2, -0.15) is 0 Å². The van der Waals surface area contributed by atoms with Crippen LogP contribution in [0, 0.1) is 0 Å². The van der Waals surface area contributed by atoms with E-state index >= 15 is 0 Å². The minimum absolute atomic E-state index is 0.195. The summed E-state index contributed by atoms with van der Waals surface area (Å²) in [5.74, 6) is 1.90. The summed E-state index contributed by atoms with van der Waals surface area (Å²) >= 11 is 0. The van der Waals surface area contributed by atoms with E-state index in [2.05, 4.69) is 17.4 Å². The Labute approximate surface area is 153 Å². The lowest BCUT2D eigenvalue weighted by molar-refractivity contribution is -0.122. The van der Waals surface area contributed by atoms with Crippen LogP contribution in [0.15, 0.2) is 36.4 Å². The van der Waals surface area contributed by atoms with Crippen molar-refractivity contribution >= 4 is 11.6 Å². The first kappa shape index (κ1) is 16.8. The van der Waals surface area contributed by atoms with Gasteiger partial charge >= 0.3 is 0 Å². The van der Waals surface area contributed by atoms with Gasteiger partial charge < -0.3 is 19.5 Å². The molecule has 0 aromatic heterocycles. The Balaban J connectivity index is 1.40. The normalized spacial score (nSPS) is 16.3. The highest BCUT2D eigenvalue weighted by atomic mass is 16.6. The van der Waals surface area contributed by atoms with Gasteiger partial charge in [0.2, 0.25) is 0 Å². The van der Waals surface area contributed by atoms with Gasteiger partial charge in [0, 0.05) is 11.8 Å². The largest absolute Gasteiger partial charge is 0.486 e. The molecule has 0 radical (unpaired) electrons. The highest BCUT2D eigenvalue weighted by Gasteiger charge is 2.18. The summed E-state index contributed by atoms with van der Waals surface area (Å²) in [4.78, 5) is 12.5. The quantitative estimate of drug-likeness (QED) is 0.910. The molecule has 0 bridgehead atoms. The van der Waals surface area contributed by atoms with E-state index in [4.69, 9.17) is 14.2 Å². The minimum Gasteiger partial charge on any atom is -0.486 e. The van der Waals surface area contributed by atoms with Gasteiger partial charge in [-0.15, -0.1) is 0 Å². The number of benzene rings is 2. The third-order valence-corrected chi connectivity index (χ3v) is 4.81. The van der Waals surface area contributed by atoms with Crippen molar-refractivity contribution < 1.29 is 19.0 Å². The zero-order chi connectivity index (χ0) is 17.9. The van der Waals surface area contributed by atoms with Crippen molar-refractivity contribution in [1.82, 2.24) is 0 Å². The predicted octanol–water partition coefficient (Wildman–Crippen LogP) is 3.74. The third-order valence-electron chi connectivity index (χ3n) is 4.81. The molecule has 1 N–H and O–H groups in total. The van der Waals surface area contributed by atoms with Gasteiger partial charge in [0.15, 0.2) is 17.6 Å². The molecule has 1 atom stereocenters. The molecule has 5 heteroatoms. The molecule has 4 rings (SSSR count). The monoisotopic (exact) mass is 353 g/mol. The number of nitrogens with one attached hydrogen (secondary N) is 1. The van der Waals surface area contributed by atoms with E-state index in [0.717, 1.165) is 18.6 Å². The van der Waals surface area contributed by atoms with E-state index < -0.39 is 6.10 Å². The number of fused-ring (bicyclic) bond motifs is 2. The predicted molar refractivity (Wildman–Crippen MR) is 99.2 cm³/mol. The average Bonchev–Trinajstić information content (AvgIpc) is 2.67. The maximum atomic E-state index is 12.5. The number of carbonyl (C=O) groups excluding carboxylic acids is 1. The fraction of sp³-hybridized carbons (Fsp3) is 0.381. The molecule has 2 aliphatic rings. The smallest absolute Gasteiger partial charge is 0.265 e. The van der Waals surface area contributed by atoms with Crippen LogP contribution in [0.3, 0.4) is 0 Å². The van der Waals surface area contributed by atoms with Crippen LogP contribution in [0.4, 0.5) is 5.69 Å².